The highest BCUT2D eigenvalue weighted by molar-refractivity contribution is 5.92. The third kappa shape index (κ3) is 4.62. The highest BCUT2D eigenvalue weighted by Crippen LogP contribution is 2.29. The third-order valence-corrected chi connectivity index (χ3v) is 4.67. The third-order valence-electron chi connectivity index (χ3n) is 4.67. The molecule has 2 saturated carbocycles. The quantitative estimate of drug-likeness (QED) is 0.729. The van der Waals surface area contributed by atoms with Gasteiger partial charge in [0.25, 0.3) is 5.91 Å². The number of carbonyl (C=O) groups excluding carboxylic acids is 2. The van der Waals surface area contributed by atoms with Crippen molar-refractivity contribution in [2.24, 2.45) is 0 Å². The number of rotatable bonds is 8. The van der Waals surface area contributed by atoms with Crippen LogP contribution >= 0.6 is 0 Å². The molecule has 0 atom stereocenters. The summed E-state index contributed by atoms with van der Waals surface area (Å²) in [7, 11) is 0. The van der Waals surface area contributed by atoms with Gasteiger partial charge in [0.15, 0.2) is 5.69 Å². The Morgan fingerprint density at radius 2 is 1.96 bits per heavy atom. The lowest BCUT2D eigenvalue weighted by Crippen LogP contribution is -2.36. The van der Waals surface area contributed by atoms with Crippen molar-refractivity contribution < 1.29 is 18.7 Å². The Labute approximate surface area is 163 Å². The maximum Gasteiger partial charge on any atom is 0.322 e. The van der Waals surface area contributed by atoms with Gasteiger partial charge in [-0.15, -0.1) is 0 Å². The molecule has 3 amide bonds. The first-order valence-corrected chi connectivity index (χ1v) is 9.68. The number of oxazole rings is 1. The zero-order valence-electron chi connectivity index (χ0n) is 15.8. The molecule has 0 unspecified atom stereocenters. The first kappa shape index (κ1) is 18.3. The van der Waals surface area contributed by atoms with Crippen molar-refractivity contribution in [3.63, 3.8) is 0 Å². The standard InChI is InChI=1S/C20H24N4O4/c1-2-27-16-9-5-14(6-10-16)22-20(26)24(15-7-8-15)11-18-23-17(12-28-18)19(25)21-13-3-4-13/h5-6,9-10,12-13,15H,2-4,7-8,11H2,1H3,(H,21,25)(H,22,26). The number of ether oxygens (including phenoxy) is 1. The van der Waals surface area contributed by atoms with Crippen LogP contribution in [0.15, 0.2) is 34.9 Å². The summed E-state index contributed by atoms with van der Waals surface area (Å²) < 4.78 is 10.8. The van der Waals surface area contributed by atoms with Crippen molar-refractivity contribution in [1.82, 2.24) is 15.2 Å². The van der Waals surface area contributed by atoms with Crippen LogP contribution in [0.5, 0.6) is 5.75 Å². The summed E-state index contributed by atoms with van der Waals surface area (Å²) in [4.78, 5) is 30.7. The van der Waals surface area contributed by atoms with E-state index in [1.54, 1.807) is 17.0 Å². The highest BCUT2D eigenvalue weighted by atomic mass is 16.5. The number of carbonyl (C=O) groups is 2. The molecule has 1 aromatic heterocycles. The fourth-order valence-electron chi connectivity index (χ4n) is 2.87. The maximum atomic E-state index is 12.7. The summed E-state index contributed by atoms with van der Waals surface area (Å²) in [6.07, 6.45) is 5.27. The lowest BCUT2D eigenvalue weighted by Gasteiger charge is -2.21. The van der Waals surface area contributed by atoms with Crippen molar-refractivity contribution in [3.8, 4) is 5.75 Å². The van der Waals surface area contributed by atoms with Gasteiger partial charge in [-0.1, -0.05) is 0 Å². The summed E-state index contributed by atoms with van der Waals surface area (Å²) in [5, 5.41) is 5.78. The zero-order valence-corrected chi connectivity index (χ0v) is 15.8. The van der Waals surface area contributed by atoms with Crippen LogP contribution in [0.2, 0.25) is 0 Å². The van der Waals surface area contributed by atoms with E-state index >= 15 is 0 Å². The van der Waals surface area contributed by atoms with Gasteiger partial charge in [-0.25, -0.2) is 9.78 Å². The number of aromatic nitrogens is 1. The Bertz CT molecular complexity index is 840. The SMILES string of the molecule is CCOc1ccc(NC(=O)N(Cc2nc(C(=O)NC3CC3)co2)C2CC2)cc1. The minimum Gasteiger partial charge on any atom is -0.494 e. The number of nitrogens with one attached hydrogen (secondary N) is 2. The van der Waals surface area contributed by atoms with Crippen LogP contribution in [0.3, 0.4) is 0 Å². The molecule has 1 aromatic carbocycles. The molecule has 4 rings (SSSR count). The number of hydrogen-bond donors (Lipinski definition) is 2. The van der Waals surface area contributed by atoms with E-state index in [0.29, 0.717) is 18.2 Å². The topological polar surface area (TPSA) is 96.7 Å². The minimum absolute atomic E-state index is 0.165. The second-order valence-corrected chi connectivity index (χ2v) is 7.12. The number of nitrogens with zero attached hydrogens (tertiary/aromatic N) is 2. The van der Waals surface area contributed by atoms with Gasteiger partial charge in [0.05, 0.1) is 13.2 Å². The fraction of sp³-hybridized carbons (Fsp3) is 0.450. The molecule has 2 fully saturated rings. The summed E-state index contributed by atoms with van der Waals surface area (Å²) in [5.74, 6) is 0.889. The van der Waals surface area contributed by atoms with E-state index < -0.39 is 0 Å². The average molecular weight is 384 g/mol. The molecule has 0 spiro atoms. The first-order chi connectivity index (χ1) is 13.6. The van der Waals surface area contributed by atoms with Gasteiger partial charge in [-0.3, -0.25) is 4.79 Å². The summed E-state index contributed by atoms with van der Waals surface area (Å²) in [5.41, 5.74) is 0.945. The van der Waals surface area contributed by atoms with Gasteiger partial charge in [0.1, 0.15) is 12.0 Å². The number of amides is 3. The molecule has 2 aromatic rings. The van der Waals surface area contributed by atoms with E-state index in [1.807, 2.05) is 19.1 Å². The predicted molar refractivity (Wildman–Crippen MR) is 102 cm³/mol. The molecule has 1 heterocycles. The van der Waals surface area contributed by atoms with Gasteiger partial charge in [-0.2, -0.15) is 0 Å². The number of urea groups is 1. The normalized spacial score (nSPS) is 15.8. The van der Waals surface area contributed by atoms with Crippen molar-refractivity contribution >= 4 is 17.6 Å². The Balaban J connectivity index is 1.37. The molecule has 2 aliphatic carbocycles. The second-order valence-electron chi connectivity index (χ2n) is 7.12. The Hall–Kier alpha value is -3.03. The lowest BCUT2D eigenvalue weighted by atomic mass is 10.3. The Morgan fingerprint density at radius 3 is 2.61 bits per heavy atom. The molecule has 0 aliphatic heterocycles. The molecule has 2 N–H and O–H groups in total. The van der Waals surface area contributed by atoms with E-state index in [2.05, 4.69) is 15.6 Å². The smallest absolute Gasteiger partial charge is 0.322 e. The van der Waals surface area contributed by atoms with Gasteiger partial charge in [0.2, 0.25) is 5.89 Å². The maximum absolute atomic E-state index is 12.7. The van der Waals surface area contributed by atoms with Crippen LogP contribution in [-0.4, -0.2) is 40.5 Å². The Kier molecular flexibility index (Phi) is 5.18. The van der Waals surface area contributed by atoms with Crippen LogP contribution in [-0.2, 0) is 6.54 Å². The molecule has 0 bridgehead atoms. The van der Waals surface area contributed by atoms with Crippen molar-refractivity contribution in [3.05, 3.63) is 42.1 Å². The Morgan fingerprint density at radius 1 is 1.21 bits per heavy atom. The van der Waals surface area contributed by atoms with E-state index in [1.165, 1.54) is 6.26 Å². The van der Waals surface area contributed by atoms with Crippen LogP contribution in [0.4, 0.5) is 10.5 Å². The van der Waals surface area contributed by atoms with Crippen LogP contribution in [0.1, 0.15) is 49.0 Å². The number of anilines is 1. The van der Waals surface area contributed by atoms with E-state index in [4.69, 9.17) is 9.15 Å². The minimum atomic E-state index is -0.227. The van der Waals surface area contributed by atoms with Crippen LogP contribution < -0.4 is 15.4 Å². The van der Waals surface area contributed by atoms with Gasteiger partial charge >= 0.3 is 6.03 Å². The fourth-order valence-corrected chi connectivity index (χ4v) is 2.87. The molecule has 8 nitrogen and oxygen atoms in total. The summed E-state index contributed by atoms with van der Waals surface area (Å²) in [6.45, 7) is 2.75. The molecule has 8 heteroatoms. The van der Waals surface area contributed by atoms with Crippen molar-refractivity contribution in [1.29, 1.82) is 0 Å². The molecule has 148 valence electrons. The largest absolute Gasteiger partial charge is 0.494 e. The van der Waals surface area contributed by atoms with E-state index in [9.17, 15) is 9.59 Å². The van der Waals surface area contributed by atoms with Crippen LogP contribution in [0, 0.1) is 0 Å². The van der Waals surface area contributed by atoms with Gasteiger partial charge in [-0.05, 0) is 56.9 Å². The summed E-state index contributed by atoms with van der Waals surface area (Å²) in [6, 6.07) is 7.46. The lowest BCUT2D eigenvalue weighted by molar-refractivity contribution is 0.0946. The van der Waals surface area contributed by atoms with E-state index in [0.717, 1.165) is 31.4 Å². The molecule has 0 radical (unpaired) electrons. The van der Waals surface area contributed by atoms with Gasteiger partial charge in [0, 0.05) is 17.8 Å². The average Bonchev–Trinajstić information content (AvgIpc) is 3.62. The second kappa shape index (κ2) is 7.92. The van der Waals surface area contributed by atoms with Crippen molar-refractivity contribution in [2.75, 3.05) is 11.9 Å². The number of benzene rings is 1. The molecular formula is C20H24N4O4. The molecule has 0 saturated heterocycles. The zero-order chi connectivity index (χ0) is 19.5. The first-order valence-electron chi connectivity index (χ1n) is 9.68. The molecule has 28 heavy (non-hydrogen) atoms. The number of hydrogen-bond acceptors (Lipinski definition) is 5. The predicted octanol–water partition coefficient (Wildman–Crippen LogP) is 3.16. The highest BCUT2D eigenvalue weighted by Gasteiger charge is 2.34. The van der Waals surface area contributed by atoms with Gasteiger partial charge < -0.3 is 24.7 Å². The monoisotopic (exact) mass is 384 g/mol. The van der Waals surface area contributed by atoms with Crippen molar-refractivity contribution in [2.45, 2.75) is 51.2 Å². The van der Waals surface area contributed by atoms with Crippen LogP contribution in [0.25, 0.3) is 0 Å². The summed E-state index contributed by atoms with van der Waals surface area (Å²) >= 11 is 0. The molecular weight excluding hydrogens is 360 g/mol. The van der Waals surface area contributed by atoms with E-state index in [-0.39, 0.29) is 36.3 Å². The molecule has 2 aliphatic rings.